The summed E-state index contributed by atoms with van der Waals surface area (Å²) in [5.41, 5.74) is 0.889. The van der Waals surface area contributed by atoms with Crippen LogP contribution < -0.4 is 9.47 Å². The van der Waals surface area contributed by atoms with E-state index >= 15 is 0 Å². The molecule has 1 saturated heterocycles. The minimum Gasteiger partial charge on any atom is -0.493 e. The number of methoxy groups -OCH3 is 2. The van der Waals surface area contributed by atoms with Crippen LogP contribution in [-0.2, 0) is 11.3 Å². The molecule has 0 bridgehead atoms. The van der Waals surface area contributed by atoms with Gasteiger partial charge in [0.25, 0.3) is 0 Å². The number of piperidine rings is 1. The summed E-state index contributed by atoms with van der Waals surface area (Å²) < 4.78 is 10.8. The SMILES string of the molecule is COc1cccc(CN(C)C(=O)[C@@H]2CCCN(C(=O)N(C)C)C2)c1OC. The maximum Gasteiger partial charge on any atom is 0.319 e. The maximum atomic E-state index is 12.9. The van der Waals surface area contributed by atoms with Gasteiger partial charge in [0.2, 0.25) is 5.91 Å². The second-order valence-corrected chi connectivity index (χ2v) is 6.81. The third kappa shape index (κ3) is 4.39. The van der Waals surface area contributed by atoms with Crippen molar-refractivity contribution in [3.05, 3.63) is 23.8 Å². The number of amides is 3. The van der Waals surface area contributed by atoms with Gasteiger partial charge >= 0.3 is 6.03 Å². The number of nitrogens with zero attached hydrogens (tertiary/aromatic N) is 3. The number of hydrogen-bond acceptors (Lipinski definition) is 4. The molecule has 144 valence electrons. The number of ether oxygens (including phenoxy) is 2. The van der Waals surface area contributed by atoms with E-state index in [0.717, 1.165) is 18.4 Å². The first-order valence-electron chi connectivity index (χ1n) is 8.80. The van der Waals surface area contributed by atoms with Crippen LogP contribution in [0.25, 0.3) is 0 Å². The molecular formula is C19H29N3O4. The highest BCUT2D eigenvalue weighted by Crippen LogP contribution is 2.31. The van der Waals surface area contributed by atoms with Crippen LogP contribution in [0.2, 0.25) is 0 Å². The zero-order valence-electron chi connectivity index (χ0n) is 16.3. The minimum absolute atomic E-state index is 0.0420. The Morgan fingerprint density at radius 3 is 2.54 bits per heavy atom. The summed E-state index contributed by atoms with van der Waals surface area (Å²) in [5.74, 6) is 1.16. The molecule has 7 heteroatoms. The van der Waals surface area contributed by atoms with Crippen LogP contribution in [-0.4, -0.2) is 75.1 Å². The summed E-state index contributed by atoms with van der Waals surface area (Å²) in [6.07, 6.45) is 1.64. The summed E-state index contributed by atoms with van der Waals surface area (Å²) in [5, 5.41) is 0. The van der Waals surface area contributed by atoms with Gasteiger partial charge in [0.15, 0.2) is 11.5 Å². The van der Waals surface area contributed by atoms with E-state index in [1.54, 1.807) is 50.1 Å². The summed E-state index contributed by atoms with van der Waals surface area (Å²) in [6, 6.07) is 5.59. The fourth-order valence-corrected chi connectivity index (χ4v) is 3.36. The lowest BCUT2D eigenvalue weighted by Gasteiger charge is -2.35. The van der Waals surface area contributed by atoms with Crippen molar-refractivity contribution >= 4 is 11.9 Å². The molecule has 0 N–H and O–H groups in total. The molecule has 26 heavy (non-hydrogen) atoms. The van der Waals surface area contributed by atoms with Gasteiger partial charge in [-0.25, -0.2) is 4.79 Å². The van der Waals surface area contributed by atoms with E-state index < -0.39 is 0 Å². The second-order valence-electron chi connectivity index (χ2n) is 6.81. The monoisotopic (exact) mass is 363 g/mol. The molecule has 7 nitrogen and oxygen atoms in total. The summed E-state index contributed by atoms with van der Waals surface area (Å²) in [6.45, 7) is 1.60. The standard InChI is InChI=1S/C19H29N3O4/c1-20(2)19(24)22-11-7-9-15(13-22)18(23)21(3)12-14-8-6-10-16(25-4)17(14)26-5/h6,8,10,15H,7,9,11-13H2,1-5H3/t15-/m1/s1. The molecule has 0 aromatic heterocycles. The lowest BCUT2D eigenvalue weighted by Crippen LogP contribution is -2.48. The number of hydrogen-bond donors (Lipinski definition) is 0. The average molecular weight is 363 g/mol. The van der Waals surface area contributed by atoms with E-state index in [9.17, 15) is 9.59 Å². The normalized spacial score (nSPS) is 16.8. The molecule has 0 spiro atoms. The van der Waals surface area contributed by atoms with Gasteiger partial charge < -0.3 is 24.2 Å². The molecule has 1 aromatic rings. The first-order chi connectivity index (χ1) is 12.4. The van der Waals surface area contributed by atoms with E-state index in [4.69, 9.17) is 9.47 Å². The number of benzene rings is 1. The van der Waals surface area contributed by atoms with E-state index in [1.807, 2.05) is 18.2 Å². The predicted molar refractivity (Wildman–Crippen MR) is 99.4 cm³/mol. The number of rotatable bonds is 5. The molecule has 1 aliphatic rings. The maximum absolute atomic E-state index is 12.9. The Morgan fingerprint density at radius 1 is 1.19 bits per heavy atom. The van der Waals surface area contributed by atoms with Gasteiger partial charge in [0.1, 0.15) is 0 Å². The molecule has 0 unspecified atom stereocenters. The van der Waals surface area contributed by atoms with E-state index in [0.29, 0.717) is 31.1 Å². The van der Waals surface area contributed by atoms with Crippen molar-refractivity contribution in [2.75, 3.05) is 48.5 Å². The van der Waals surface area contributed by atoms with E-state index in [-0.39, 0.29) is 17.9 Å². The fourth-order valence-electron chi connectivity index (χ4n) is 3.36. The molecular weight excluding hydrogens is 334 g/mol. The molecule has 2 rings (SSSR count). The van der Waals surface area contributed by atoms with Gasteiger partial charge in [-0.3, -0.25) is 4.79 Å². The fraction of sp³-hybridized carbons (Fsp3) is 0.579. The highest BCUT2D eigenvalue weighted by atomic mass is 16.5. The van der Waals surface area contributed by atoms with Gasteiger partial charge in [-0.05, 0) is 18.9 Å². The molecule has 0 aliphatic carbocycles. The molecule has 3 amide bonds. The molecule has 1 aliphatic heterocycles. The molecule has 0 radical (unpaired) electrons. The van der Waals surface area contributed by atoms with Gasteiger partial charge in [-0.2, -0.15) is 0 Å². The van der Waals surface area contributed by atoms with Crippen LogP contribution >= 0.6 is 0 Å². The zero-order valence-corrected chi connectivity index (χ0v) is 16.3. The average Bonchev–Trinajstić information content (AvgIpc) is 2.66. The minimum atomic E-state index is -0.172. The third-order valence-corrected chi connectivity index (χ3v) is 4.69. The second kappa shape index (κ2) is 8.78. The topological polar surface area (TPSA) is 62.3 Å². The molecule has 1 aromatic carbocycles. The number of para-hydroxylation sites is 1. The summed E-state index contributed by atoms with van der Waals surface area (Å²) in [4.78, 5) is 30.1. The van der Waals surface area contributed by atoms with Crippen molar-refractivity contribution in [1.29, 1.82) is 0 Å². The Labute approximate surface area is 155 Å². The Balaban J connectivity index is 2.07. The van der Waals surface area contributed by atoms with Crippen LogP contribution in [0.5, 0.6) is 11.5 Å². The highest BCUT2D eigenvalue weighted by Gasteiger charge is 2.31. The lowest BCUT2D eigenvalue weighted by atomic mass is 9.96. The van der Waals surface area contributed by atoms with Crippen molar-refractivity contribution < 1.29 is 19.1 Å². The van der Waals surface area contributed by atoms with Crippen molar-refractivity contribution in [1.82, 2.24) is 14.7 Å². The molecule has 0 saturated carbocycles. The highest BCUT2D eigenvalue weighted by molar-refractivity contribution is 5.80. The van der Waals surface area contributed by atoms with Crippen LogP contribution in [0.15, 0.2) is 18.2 Å². The van der Waals surface area contributed by atoms with Crippen molar-refractivity contribution in [3.63, 3.8) is 0 Å². The summed E-state index contributed by atoms with van der Waals surface area (Å²) >= 11 is 0. The largest absolute Gasteiger partial charge is 0.493 e. The predicted octanol–water partition coefficient (Wildman–Crippen LogP) is 2.06. The summed E-state index contributed by atoms with van der Waals surface area (Å²) in [7, 11) is 8.43. The Hall–Kier alpha value is -2.44. The van der Waals surface area contributed by atoms with Gasteiger partial charge in [0.05, 0.1) is 20.1 Å². The van der Waals surface area contributed by atoms with Gasteiger partial charge in [-0.1, -0.05) is 12.1 Å². The number of urea groups is 1. The Morgan fingerprint density at radius 2 is 1.92 bits per heavy atom. The van der Waals surface area contributed by atoms with Crippen molar-refractivity contribution in [2.24, 2.45) is 5.92 Å². The molecule has 1 fully saturated rings. The van der Waals surface area contributed by atoms with E-state index in [2.05, 4.69) is 0 Å². The van der Waals surface area contributed by atoms with Gasteiger partial charge in [0, 0.05) is 46.3 Å². The molecule has 1 atom stereocenters. The number of carbonyl (C=O) groups excluding carboxylic acids is 2. The van der Waals surface area contributed by atoms with Crippen LogP contribution in [0.4, 0.5) is 4.79 Å². The smallest absolute Gasteiger partial charge is 0.319 e. The van der Waals surface area contributed by atoms with Crippen LogP contribution in [0, 0.1) is 5.92 Å². The Kier molecular flexibility index (Phi) is 6.71. The number of carbonyl (C=O) groups is 2. The van der Waals surface area contributed by atoms with E-state index in [1.165, 1.54) is 0 Å². The van der Waals surface area contributed by atoms with Crippen molar-refractivity contribution in [3.8, 4) is 11.5 Å². The first-order valence-corrected chi connectivity index (χ1v) is 8.80. The quantitative estimate of drug-likeness (QED) is 0.803. The third-order valence-electron chi connectivity index (χ3n) is 4.69. The van der Waals surface area contributed by atoms with Gasteiger partial charge in [-0.15, -0.1) is 0 Å². The molecule has 1 heterocycles. The Bertz CT molecular complexity index is 648. The van der Waals surface area contributed by atoms with Crippen molar-refractivity contribution in [2.45, 2.75) is 19.4 Å². The van der Waals surface area contributed by atoms with Crippen LogP contribution in [0.3, 0.4) is 0 Å². The zero-order chi connectivity index (χ0) is 19.3. The first kappa shape index (κ1) is 19.9. The van der Waals surface area contributed by atoms with Crippen LogP contribution in [0.1, 0.15) is 18.4 Å². The lowest BCUT2D eigenvalue weighted by molar-refractivity contribution is -0.136. The number of likely N-dealkylation sites (tertiary alicyclic amines) is 1.